The van der Waals surface area contributed by atoms with Crippen molar-refractivity contribution in [1.82, 2.24) is 19.5 Å². The molecule has 2 aromatic rings. The van der Waals surface area contributed by atoms with Crippen LogP contribution in [-0.2, 0) is 22.5 Å². The van der Waals surface area contributed by atoms with Gasteiger partial charge in [-0.25, -0.2) is 9.78 Å². The van der Waals surface area contributed by atoms with Crippen molar-refractivity contribution < 1.29 is 14.6 Å². The van der Waals surface area contributed by atoms with Gasteiger partial charge in [-0.15, -0.1) is 0 Å². The summed E-state index contributed by atoms with van der Waals surface area (Å²) in [5.41, 5.74) is -0.514. The molecule has 0 aliphatic carbocycles. The zero-order valence-corrected chi connectivity index (χ0v) is 12.2. The van der Waals surface area contributed by atoms with Crippen LogP contribution in [0.5, 0.6) is 0 Å². The van der Waals surface area contributed by atoms with Crippen molar-refractivity contribution in [1.29, 1.82) is 0 Å². The van der Waals surface area contributed by atoms with E-state index in [0.29, 0.717) is 37.3 Å². The first-order chi connectivity index (χ1) is 10.5. The second-order valence-electron chi connectivity index (χ2n) is 4.89. The number of methoxy groups -OCH3 is 1. The number of carbonyl (C=O) groups is 1. The van der Waals surface area contributed by atoms with Gasteiger partial charge in [-0.2, -0.15) is 0 Å². The first kappa shape index (κ1) is 16.0. The van der Waals surface area contributed by atoms with Crippen LogP contribution in [0.1, 0.15) is 25.1 Å². The van der Waals surface area contributed by atoms with Crippen LogP contribution in [0, 0.1) is 0 Å². The third-order valence-electron chi connectivity index (χ3n) is 3.26. The summed E-state index contributed by atoms with van der Waals surface area (Å²) >= 11 is 0. The molecule has 2 heterocycles. The number of aromatic amines is 2. The van der Waals surface area contributed by atoms with Crippen molar-refractivity contribution in [2.75, 3.05) is 13.7 Å². The third kappa shape index (κ3) is 3.61. The van der Waals surface area contributed by atoms with E-state index in [1.807, 2.05) is 0 Å². The number of hydrogen-bond acceptors (Lipinski definition) is 5. The molecule has 0 amide bonds. The van der Waals surface area contributed by atoms with E-state index in [1.54, 1.807) is 0 Å². The molecule has 0 bridgehead atoms. The number of ether oxygens (including phenoxy) is 1. The van der Waals surface area contributed by atoms with Crippen molar-refractivity contribution in [2.45, 2.75) is 32.2 Å². The summed E-state index contributed by atoms with van der Waals surface area (Å²) < 4.78 is 6.29. The maximum absolute atomic E-state index is 11.8. The molecule has 120 valence electrons. The van der Waals surface area contributed by atoms with Crippen LogP contribution >= 0.6 is 0 Å². The highest BCUT2D eigenvalue weighted by Crippen LogP contribution is 2.08. The Labute approximate surface area is 125 Å². The molecule has 0 atom stereocenters. The monoisotopic (exact) mass is 310 g/mol. The molecule has 2 aromatic heterocycles. The Morgan fingerprint density at radius 3 is 2.77 bits per heavy atom. The molecule has 0 radical (unpaired) electrons. The topological polar surface area (TPSA) is 130 Å². The van der Waals surface area contributed by atoms with E-state index in [0.717, 1.165) is 0 Å². The van der Waals surface area contributed by atoms with Crippen LogP contribution in [-0.4, -0.2) is 44.3 Å². The minimum absolute atomic E-state index is 0.0966. The minimum Gasteiger partial charge on any atom is -0.481 e. The fourth-order valence-corrected chi connectivity index (χ4v) is 2.17. The highest BCUT2D eigenvalue weighted by Gasteiger charge is 2.12. The van der Waals surface area contributed by atoms with Crippen LogP contribution < -0.4 is 11.2 Å². The van der Waals surface area contributed by atoms with Crippen molar-refractivity contribution in [3.63, 3.8) is 0 Å². The van der Waals surface area contributed by atoms with Gasteiger partial charge in [-0.1, -0.05) is 0 Å². The highest BCUT2D eigenvalue weighted by molar-refractivity contribution is 5.69. The van der Waals surface area contributed by atoms with Crippen molar-refractivity contribution in [2.24, 2.45) is 0 Å². The Hall–Kier alpha value is -2.42. The van der Waals surface area contributed by atoms with E-state index in [4.69, 9.17) is 9.84 Å². The lowest BCUT2D eigenvalue weighted by Gasteiger charge is -2.04. The third-order valence-corrected chi connectivity index (χ3v) is 3.26. The summed E-state index contributed by atoms with van der Waals surface area (Å²) in [4.78, 5) is 43.5. The molecule has 0 unspecified atom stereocenters. The second kappa shape index (κ2) is 7.03. The van der Waals surface area contributed by atoms with Crippen molar-refractivity contribution >= 4 is 17.1 Å². The summed E-state index contributed by atoms with van der Waals surface area (Å²) in [6.07, 6.45) is 1.77. The average molecular weight is 310 g/mol. The van der Waals surface area contributed by atoms with Gasteiger partial charge in [-0.05, 0) is 12.8 Å². The summed E-state index contributed by atoms with van der Waals surface area (Å²) in [5, 5.41) is 8.59. The van der Waals surface area contributed by atoms with Gasteiger partial charge in [0, 0.05) is 20.0 Å². The molecule has 0 fully saturated rings. The lowest BCUT2D eigenvalue weighted by molar-refractivity contribution is -0.137. The number of H-pyrrole nitrogens is 2. The molecule has 22 heavy (non-hydrogen) atoms. The molecule has 3 N–H and O–H groups in total. The number of carboxylic acids is 1. The number of nitrogens with one attached hydrogen (secondary N) is 2. The van der Waals surface area contributed by atoms with Crippen molar-refractivity contribution in [3.05, 3.63) is 26.7 Å². The van der Waals surface area contributed by atoms with Crippen molar-refractivity contribution in [3.8, 4) is 0 Å². The van der Waals surface area contributed by atoms with E-state index in [9.17, 15) is 14.4 Å². The first-order valence-electron chi connectivity index (χ1n) is 6.95. The molecular weight excluding hydrogens is 292 g/mol. The molecular formula is C13H18N4O5. The number of carboxylic acid groups (broad SMARTS) is 1. The Bertz CT molecular complexity index is 773. The summed E-state index contributed by atoms with van der Waals surface area (Å²) in [6, 6.07) is 0. The summed E-state index contributed by atoms with van der Waals surface area (Å²) in [6.45, 7) is 0.605. The number of imidazole rings is 1. The quantitative estimate of drug-likeness (QED) is 0.582. The van der Waals surface area contributed by atoms with E-state index < -0.39 is 17.2 Å². The van der Waals surface area contributed by atoms with E-state index in [2.05, 4.69) is 15.0 Å². The van der Waals surface area contributed by atoms with Crippen LogP contribution in [0.15, 0.2) is 9.59 Å². The number of unbranched alkanes of at least 4 members (excludes halogenated alkanes) is 1. The molecule has 0 aromatic carbocycles. The van der Waals surface area contributed by atoms with Crippen LogP contribution in [0.4, 0.5) is 0 Å². The number of aromatic nitrogens is 4. The summed E-state index contributed by atoms with van der Waals surface area (Å²) in [5.74, 6) is -0.280. The number of hydrogen-bond donors (Lipinski definition) is 3. The van der Waals surface area contributed by atoms with Gasteiger partial charge in [-0.3, -0.25) is 19.1 Å². The molecule has 9 nitrogen and oxygen atoms in total. The summed E-state index contributed by atoms with van der Waals surface area (Å²) in [7, 11) is 1.52. The van der Waals surface area contributed by atoms with Gasteiger partial charge < -0.3 is 14.8 Å². The number of nitrogens with zero attached hydrogens (tertiary/aromatic N) is 2. The lowest BCUT2D eigenvalue weighted by atomic mass is 10.2. The van der Waals surface area contributed by atoms with Crippen LogP contribution in [0.25, 0.3) is 11.2 Å². The van der Waals surface area contributed by atoms with Gasteiger partial charge in [0.05, 0.1) is 13.2 Å². The number of aliphatic carboxylic acids is 1. The van der Waals surface area contributed by atoms with Gasteiger partial charge in [0.2, 0.25) is 0 Å². The lowest BCUT2D eigenvalue weighted by Crippen LogP contribution is -2.31. The molecule has 0 aliphatic rings. The normalized spacial score (nSPS) is 11.1. The Kier molecular flexibility index (Phi) is 5.10. The fourth-order valence-electron chi connectivity index (χ4n) is 2.17. The fraction of sp³-hybridized carbons (Fsp3) is 0.538. The maximum atomic E-state index is 11.8. The highest BCUT2D eigenvalue weighted by atomic mass is 16.5. The molecule has 2 rings (SSSR count). The van der Waals surface area contributed by atoms with Crippen LogP contribution in [0.2, 0.25) is 0 Å². The molecule has 0 saturated heterocycles. The van der Waals surface area contributed by atoms with Gasteiger partial charge in [0.15, 0.2) is 5.65 Å². The number of aryl methyl sites for hydroxylation is 1. The van der Waals surface area contributed by atoms with E-state index in [1.165, 1.54) is 11.7 Å². The molecule has 0 saturated carbocycles. The SMILES string of the molecule is COCCn1c(=O)[nH]c(=O)c2[nH]c(CCCCC(=O)O)nc21. The second-order valence-corrected chi connectivity index (χ2v) is 4.89. The van der Waals surface area contributed by atoms with E-state index >= 15 is 0 Å². The Morgan fingerprint density at radius 2 is 2.09 bits per heavy atom. The molecule has 0 aliphatic heterocycles. The smallest absolute Gasteiger partial charge is 0.330 e. The molecule has 9 heteroatoms. The zero-order valence-electron chi connectivity index (χ0n) is 12.2. The van der Waals surface area contributed by atoms with Gasteiger partial charge >= 0.3 is 11.7 Å². The number of fused-ring (bicyclic) bond motifs is 1. The Balaban J connectivity index is 2.24. The largest absolute Gasteiger partial charge is 0.481 e. The maximum Gasteiger partial charge on any atom is 0.330 e. The molecule has 0 spiro atoms. The van der Waals surface area contributed by atoms with Gasteiger partial charge in [0.25, 0.3) is 5.56 Å². The predicted octanol–water partition coefficient (Wildman–Crippen LogP) is -0.143. The predicted molar refractivity (Wildman–Crippen MR) is 78.0 cm³/mol. The number of rotatable bonds is 8. The standard InChI is InChI=1S/C13H18N4O5/c1-22-7-6-17-11-10(12(20)16-13(17)21)14-8(15-11)4-2-3-5-9(18)19/h2-7H2,1H3,(H,14,15)(H,18,19)(H,16,20,21). The first-order valence-corrected chi connectivity index (χ1v) is 6.95. The Morgan fingerprint density at radius 1 is 1.32 bits per heavy atom. The van der Waals surface area contributed by atoms with Crippen LogP contribution in [0.3, 0.4) is 0 Å². The average Bonchev–Trinajstić information content (AvgIpc) is 2.88. The van der Waals surface area contributed by atoms with Gasteiger partial charge in [0.1, 0.15) is 11.3 Å². The minimum atomic E-state index is -0.838. The van der Waals surface area contributed by atoms with E-state index in [-0.39, 0.29) is 18.5 Å². The zero-order chi connectivity index (χ0) is 16.1.